The number of hydrogen-bond donors (Lipinski definition) is 0. The minimum absolute atomic E-state index is 0.510. The van der Waals surface area contributed by atoms with E-state index in [-0.39, 0.29) is 0 Å². The van der Waals surface area contributed by atoms with Gasteiger partial charge in [-0.25, -0.2) is 0 Å². The monoisotopic (exact) mass is 289 g/mol. The molecular weight excluding hydrogens is 282 g/mol. The second kappa shape index (κ2) is 4.85. The van der Waals surface area contributed by atoms with Crippen LogP contribution in [0.25, 0.3) is 11.1 Å². The van der Waals surface area contributed by atoms with Crippen molar-refractivity contribution in [3.05, 3.63) is 59.7 Å². The van der Waals surface area contributed by atoms with E-state index in [1.807, 2.05) is 0 Å². The average Bonchev–Trinajstić information content (AvgIpc) is 2.37. The third-order valence-electron chi connectivity index (χ3n) is 2.69. The van der Waals surface area contributed by atoms with Crippen LogP contribution in [0.4, 0.5) is 26.3 Å². The van der Waals surface area contributed by atoms with Crippen LogP contribution in [0.15, 0.2) is 42.5 Å². The lowest BCUT2D eigenvalue weighted by molar-refractivity contribution is -0.139. The minimum Gasteiger partial charge on any atom is -0.166 e. The predicted octanol–water partition coefficient (Wildman–Crippen LogP) is 5.19. The van der Waals surface area contributed by atoms with Crippen LogP contribution in [-0.2, 0) is 12.4 Å². The van der Waals surface area contributed by atoms with Gasteiger partial charge in [0.05, 0.1) is 11.1 Å². The lowest BCUT2D eigenvalue weighted by atomic mass is 9.95. The van der Waals surface area contributed by atoms with Crippen molar-refractivity contribution in [3.8, 4) is 11.1 Å². The smallest absolute Gasteiger partial charge is 0.166 e. The number of alkyl halides is 6. The van der Waals surface area contributed by atoms with E-state index >= 15 is 0 Å². The molecule has 0 spiro atoms. The van der Waals surface area contributed by atoms with Gasteiger partial charge in [-0.1, -0.05) is 24.3 Å². The molecule has 0 saturated carbocycles. The molecule has 105 valence electrons. The maximum atomic E-state index is 12.9. The Morgan fingerprint density at radius 1 is 0.700 bits per heavy atom. The van der Waals surface area contributed by atoms with Crippen LogP contribution < -0.4 is 0 Å². The Balaban J connectivity index is 2.71. The van der Waals surface area contributed by atoms with Crippen molar-refractivity contribution >= 4 is 0 Å². The molecule has 0 aromatic heterocycles. The predicted molar refractivity (Wildman–Crippen MR) is 60.7 cm³/mol. The van der Waals surface area contributed by atoms with Crippen LogP contribution in [0.2, 0.25) is 0 Å². The molecule has 0 fully saturated rings. The maximum Gasteiger partial charge on any atom is 0.417 e. The van der Waals surface area contributed by atoms with Crippen LogP contribution in [0, 0.1) is 6.07 Å². The molecule has 2 aromatic carbocycles. The van der Waals surface area contributed by atoms with E-state index in [0.29, 0.717) is 6.07 Å². The molecule has 6 heteroatoms. The van der Waals surface area contributed by atoms with Gasteiger partial charge < -0.3 is 0 Å². The van der Waals surface area contributed by atoms with E-state index in [9.17, 15) is 26.3 Å². The zero-order valence-corrected chi connectivity index (χ0v) is 9.81. The second-order valence-electron chi connectivity index (χ2n) is 4.01. The summed E-state index contributed by atoms with van der Waals surface area (Å²) >= 11 is 0. The summed E-state index contributed by atoms with van der Waals surface area (Å²) in [4.78, 5) is 0. The lowest BCUT2D eigenvalue weighted by Crippen LogP contribution is -2.11. The molecule has 0 aliphatic rings. The van der Waals surface area contributed by atoms with E-state index in [4.69, 9.17) is 0 Å². The maximum absolute atomic E-state index is 12.9. The highest BCUT2D eigenvalue weighted by atomic mass is 19.4. The average molecular weight is 289 g/mol. The third kappa shape index (κ3) is 2.79. The number of hydrogen-bond acceptors (Lipinski definition) is 0. The van der Waals surface area contributed by atoms with Crippen molar-refractivity contribution in [2.24, 2.45) is 0 Å². The van der Waals surface area contributed by atoms with Crippen molar-refractivity contribution in [3.63, 3.8) is 0 Å². The van der Waals surface area contributed by atoms with Gasteiger partial charge in [-0.3, -0.25) is 0 Å². The summed E-state index contributed by atoms with van der Waals surface area (Å²) in [5.41, 5.74) is -3.27. The zero-order valence-electron chi connectivity index (χ0n) is 9.81. The van der Waals surface area contributed by atoms with Crippen LogP contribution >= 0.6 is 0 Å². The summed E-state index contributed by atoms with van der Waals surface area (Å²) in [7, 11) is 0. The molecule has 0 heterocycles. The largest absolute Gasteiger partial charge is 0.417 e. The summed E-state index contributed by atoms with van der Waals surface area (Å²) in [5.74, 6) is 0. The normalized spacial score (nSPS) is 12.5. The SMILES string of the molecule is FC(F)(F)c1cc[c]cc1-c1ccccc1C(F)(F)F. The molecule has 0 atom stereocenters. The molecule has 0 nitrogen and oxygen atoms in total. The van der Waals surface area contributed by atoms with Gasteiger partial charge >= 0.3 is 12.4 Å². The first-order valence-corrected chi connectivity index (χ1v) is 5.45. The Kier molecular flexibility index (Phi) is 3.50. The Morgan fingerprint density at radius 2 is 1.25 bits per heavy atom. The third-order valence-corrected chi connectivity index (χ3v) is 2.69. The molecule has 2 aromatic rings. The van der Waals surface area contributed by atoms with Gasteiger partial charge in [0.2, 0.25) is 0 Å². The summed E-state index contributed by atoms with van der Waals surface area (Å²) in [6, 6.07) is 9.18. The van der Waals surface area contributed by atoms with E-state index < -0.39 is 34.6 Å². The molecule has 0 aliphatic heterocycles. The fourth-order valence-electron chi connectivity index (χ4n) is 1.87. The van der Waals surface area contributed by atoms with Crippen molar-refractivity contribution < 1.29 is 26.3 Å². The fourth-order valence-corrected chi connectivity index (χ4v) is 1.87. The van der Waals surface area contributed by atoms with Crippen molar-refractivity contribution in [2.45, 2.75) is 12.4 Å². The van der Waals surface area contributed by atoms with Gasteiger partial charge in [-0.2, -0.15) is 26.3 Å². The number of benzene rings is 2. The van der Waals surface area contributed by atoms with Crippen molar-refractivity contribution in [1.29, 1.82) is 0 Å². The summed E-state index contributed by atoms with van der Waals surface area (Å²) in [6.07, 6.45) is -9.46. The van der Waals surface area contributed by atoms with E-state index in [0.717, 1.165) is 30.3 Å². The van der Waals surface area contributed by atoms with E-state index in [1.54, 1.807) is 0 Å². The Hall–Kier alpha value is -1.98. The lowest BCUT2D eigenvalue weighted by Gasteiger charge is -2.17. The Labute approximate surface area is 110 Å². The second-order valence-corrected chi connectivity index (χ2v) is 4.01. The highest BCUT2D eigenvalue weighted by molar-refractivity contribution is 5.71. The van der Waals surface area contributed by atoms with Gasteiger partial charge in [-0.15, -0.1) is 0 Å². The van der Waals surface area contributed by atoms with E-state index in [2.05, 4.69) is 6.07 Å². The molecule has 1 radical (unpaired) electrons. The van der Waals surface area contributed by atoms with Gasteiger partial charge in [0, 0.05) is 0 Å². The quantitative estimate of drug-likeness (QED) is 0.634. The highest BCUT2D eigenvalue weighted by Gasteiger charge is 2.37. The number of halogens is 6. The summed E-state index contributed by atoms with van der Waals surface area (Å²) < 4.78 is 77.2. The molecule has 0 bridgehead atoms. The van der Waals surface area contributed by atoms with Crippen molar-refractivity contribution in [2.75, 3.05) is 0 Å². The molecule has 0 aliphatic carbocycles. The van der Waals surface area contributed by atoms with Crippen LogP contribution in [0.5, 0.6) is 0 Å². The molecule has 0 N–H and O–H groups in total. The molecule has 0 amide bonds. The fraction of sp³-hybridized carbons (Fsp3) is 0.143. The van der Waals surface area contributed by atoms with Crippen LogP contribution in [0.1, 0.15) is 11.1 Å². The summed E-state index contributed by atoms with van der Waals surface area (Å²) in [6.45, 7) is 0. The van der Waals surface area contributed by atoms with E-state index in [1.165, 1.54) is 6.07 Å². The summed E-state index contributed by atoms with van der Waals surface area (Å²) in [5, 5.41) is 0. The topological polar surface area (TPSA) is 0 Å². The zero-order chi connectivity index (χ0) is 15.0. The first kappa shape index (κ1) is 14.4. The van der Waals surface area contributed by atoms with Crippen LogP contribution in [0.3, 0.4) is 0 Å². The highest BCUT2D eigenvalue weighted by Crippen LogP contribution is 2.42. The molecule has 0 unspecified atom stereocenters. The standard InChI is InChI=1S/C14H7F6/c15-13(16,17)11-7-3-1-5-9(11)10-6-2-4-8-12(10)14(18,19)20/h1,3-8H. The van der Waals surface area contributed by atoms with Crippen molar-refractivity contribution in [1.82, 2.24) is 0 Å². The van der Waals surface area contributed by atoms with Gasteiger partial charge in [-0.05, 0) is 35.4 Å². The molecule has 0 saturated heterocycles. The first-order chi connectivity index (χ1) is 9.21. The minimum atomic E-state index is -4.73. The Morgan fingerprint density at radius 3 is 1.85 bits per heavy atom. The Bertz CT molecular complexity index is 554. The molecule has 2 rings (SSSR count). The van der Waals surface area contributed by atoms with Gasteiger partial charge in [0.15, 0.2) is 0 Å². The van der Waals surface area contributed by atoms with Gasteiger partial charge in [0.1, 0.15) is 0 Å². The molecule has 20 heavy (non-hydrogen) atoms. The number of rotatable bonds is 1. The van der Waals surface area contributed by atoms with Crippen LogP contribution in [-0.4, -0.2) is 0 Å². The van der Waals surface area contributed by atoms with Gasteiger partial charge in [0.25, 0.3) is 0 Å². The molecular formula is C14H7F6. The first-order valence-electron chi connectivity index (χ1n) is 5.45.